The van der Waals surface area contributed by atoms with Crippen LogP contribution in [0.25, 0.3) is 0 Å². The molecule has 1 aromatic rings. The average molecular weight is 316 g/mol. The summed E-state index contributed by atoms with van der Waals surface area (Å²) in [6, 6.07) is 1.54. The van der Waals surface area contributed by atoms with Crippen molar-refractivity contribution in [3.63, 3.8) is 0 Å². The zero-order valence-electron chi connectivity index (χ0n) is 10.2. The highest BCUT2D eigenvalue weighted by molar-refractivity contribution is 9.10. The van der Waals surface area contributed by atoms with Crippen molar-refractivity contribution >= 4 is 28.0 Å². The second-order valence-electron chi connectivity index (χ2n) is 3.47. The van der Waals surface area contributed by atoms with Crippen molar-refractivity contribution in [3.8, 4) is 11.5 Å². The molecule has 0 saturated heterocycles. The van der Waals surface area contributed by atoms with Gasteiger partial charge in [0.15, 0.2) is 23.6 Å². The highest BCUT2D eigenvalue weighted by Crippen LogP contribution is 2.39. The molecule has 0 aliphatic carbocycles. The van der Waals surface area contributed by atoms with Crippen molar-refractivity contribution in [2.75, 3.05) is 20.8 Å². The van der Waals surface area contributed by atoms with E-state index >= 15 is 0 Å². The van der Waals surface area contributed by atoms with Crippen LogP contribution in [0.3, 0.4) is 0 Å². The molecule has 0 fully saturated rings. The van der Waals surface area contributed by atoms with Crippen molar-refractivity contribution in [1.82, 2.24) is 0 Å². The molecule has 1 rings (SSSR count). The first kappa shape index (κ1) is 14.7. The Hall–Kier alpha value is -1.40. The third-order valence-electron chi connectivity index (χ3n) is 2.42. The molecule has 0 atom stereocenters. The van der Waals surface area contributed by atoms with Gasteiger partial charge in [-0.05, 0) is 28.5 Å². The number of hydrogen-bond donors (Lipinski definition) is 1. The Morgan fingerprint density at radius 3 is 2.44 bits per heavy atom. The molecule has 98 valence electrons. The van der Waals surface area contributed by atoms with Crippen LogP contribution in [-0.4, -0.2) is 32.8 Å². The van der Waals surface area contributed by atoms with Gasteiger partial charge in [-0.25, -0.2) is 0 Å². The molecule has 0 saturated carbocycles. The van der Waals surface area contributed by atoms with Crippen LogP contribution in [0.2, 0.25) is 0 Å². The van der Waals surface area contributed by atoms with E-state index in [2.05, 4.69) is 15.9 Å². The van der Waals surface area contributed by atoms with Crippen molar-refractivity contribution in [1.29, 1.82) is 0 Å². The summed E-state index contributed by atoms with van der Waals surface area (Å²) in [6.07, 6.45) is 0.842. The van der Waals surface area contributed by atoms with Crippen LogP contribution < -0.4 is 15.2 Å². The van der Waals surface area contributed by atoms with Gasteiger partial charge in [0, 0.05) is 10.9 Å². The van der Waals surface area contributed by atoms with Gasteiger partial charge in [0.1, 0.15) is 0 Å². The van der Waals surface area contributed by atoms with Crippen molar-refractivity contribution < 1.29 is 19.1 Å². The van der Waals surface area contributed by atoms with Crippen LogP contribution in [0, 0.1) is 0 Å². The summed E-state index contributed by atoms with van der Waals surface area (Å²) in [5.74, 6) is 0.328. The van der Waals surface area contributed by atoms with E-state index in [1.807, 2.05) is 0 Å². The van der Waals surface area contributed by atoms with Gasteiger partial charge in [0.05, 0.1) is 25.3 Å². The Morgan fingerprint density at radius 2 is 2.00 bits per heavy atom. The topological polar surface area (TPSA) is 78.6 Å². The maximum absolute atomic E-state index is 11.9. The fraction of sp³-hybridized carbons (Fsp3) is 0.333. The van der Waals surface area contributed by atoms with E-state index in [-0.39, 0.29) is 30.2 Å². The van der Waals surface area contributed by atoms with Crippen LogP contribution >= 0.6 is 15.9 Å². The van der Waals surface area contributed by atoms with E-state index in [9.17, 15) is 9.59 Å². The number of ketones is 1. The number of rotatable bonds is 6. The van der Waals surface area contributed by atoms with Gasteiger partial charge in [-0.1, -0.05) is 0 Å². The Bertz CT molecular complexity index is 474. The number of benzene rings is 1. The lowest BCUT2D eigenvalue weighted by Crippen LogP contribution is -2.11. The van der Waals surface area contributed by atoms with E-state index in [1.54, 1.807) is 6.07 Å². The smallest absolute Gasteiger partial charge is 0.173 e. The lowest BCUT2D eigenvalue weighted by Gasteiger charge is -2.15. The van der Waals surface area contributed by atoms with Gasteiger partial charge < -0.3 is 15.2 Å². The molecule has 5 nitrogen and oxygen atoms in total. The predicted molar refractivity (Wildman–Crippen MR) is 70.6 cm³/mol. The molecular formula is C12H14BrNO4. The number of halogens is 1. The number of Topliss-reactive ketones (excluding diaryl/α,β-unsaturated/α-hetero) is 1. The van der Waals surface area contributed by atoms with E-state index < -0.39 is 0 Å². The first-order valence-corrected chi connectivity index (χ1v) is 6.02. The molecule has 0 aliphatic rings. The van der Waals surface area contributed by atoms with Crippen LogP contribution in [0.15, 0.2) is 10.5 Å². The highest BCUT2D eigenvalue weighted by Gasteiger charge is 2.22. The minimum atomic E-state index is -0.161. The Labute approximate surface area is 113 Å². The molecule has 2 N–H and O–H groups in total. The third kappa shape index (κ3) is 2.70. The Balaban J connectivity index is 3.48. The molecule has 18 heavy (non-hydrogen) atoms. The molecular weight excluding hydrogens is 302 g/mol. The standard InChI is InChI=1S/C12H14BrNO4/c1-17-11-7(10(16)3-4-14)5-9(13)8(6-15)12(11)18-2/h5-6H,3-4,14H2,1-2H3. The lowest BCUT2D eigenvalue weighted by molar-refractivity contribution is 0.0980. The first-order chi connectivity index (χ1) is 8.60. The van der Waals surface area contributed by atoms with Crippen molar-refractivity contribution in [2.45, 2.75) is 6.42 Å². The van der Waals surface area contributed by atoms with Crippen LogP contribution in [0.4, 0.5) is 0 Å². The van der Waals surface area contributed by atoms with Gasteiger partial charge in [-0.2, -0.15) is 0 Å². The SMILES string of the molecule is COc1c(C(=O)CCN)cc(Br)c(C=O)c1OC. The number of hydrogen-bond acceptors (Lipinski definition) is 5. The molecule has 0 unspecified atom stereocenters. The Kier molecular flexibility index (Phi) is 5.30. The summed E-state index contributed by atoms with van der Waals surface area (Å²) < 4.78 is 10.8. The molecule has 6 heteroatoms. The van der Waals surface area contributed by atoms with E-state index in [0.717, 1.165) is 0 Å². The number of ether oxygens (including phenoxy) is 2. The molecule has 0 heterocycles. The molecule has 1 aromatic carbocycles. The maximum atomic E-state index is 11.9. The fourth-order valence-electron chi connectivity index (χ4n) is 1.61. The summed E-state index contributed by atoms with van der Waals surface area (Å²) in [6.45, 7) is 0.247. The molecule has 0 amide bonds. The first-order valence-electron chi connectivity index (χ1n) is 5.23. The minimum absolute atomic E-state index is 0.161. The van der Waals surface area contributed by atoms with Crippen LogP contribution in [-0.2, 0) is 0 Å². The van der Waals surface area contributed by atoms with E-state index in [4.69, 9.17) is 15.2 Å². The maximum Gasteiger partial charge on any atom is 0.173 e. The summed E-state index contributed by atoms with van der Waals surface area (Å²) in [7, 11) is 2.83. The lowest BCUT2D eigenvalue weighted by atomic mass is 10.0. The summed E-state index contributed by atoms with van der Waals surface area (Å²) in [5.41, 5.74) is 6.01. The largest absolute Gasteiger partial charge is 0.492 e. The third-order valence-corrected chi connectivity index (χ3v) is 3.08. The Morgan fingerprint density at radius 1 is 1.39 bits per heavy atom. The van der Waals surface area contributed by atoms with Gasteiger partial charge in [-0.3, -0.25) is 9.59 Å². The minimum Gasteiger partial charge on any atom is -0.492 e. The number of methoxy groups -OCH3 is 2. The van der Waals surface area contributed by atoms with Gasteiger partial charge in [0.25, 0.3) is 0 Å². The second-order valence-corrected chi connectivity index (χ2v) is 4.32. The monoisotopic (exact) mass is 315 g/mol. The highest BCUT2D eigenvalue weighted by atomic mass is 79.9. The predicted octanol–water partition coefficient (Wildman–Crippen LogP) is 1.81. The normalized spacial score (nSPS) is 10.0. The summed E-state index contributed by atoms with van der Waals surface area (Å²) in [4.78, 5) is 22.9. The van der Waals surface area contributed by atoms with Gasteiger partial charge in [0.2, 0.25) is 0 Å². The van der Waals surface area contributed by atoms with Crippen LogP contribution in [0.5, 0.6) is 11.5 Å². The number of carbonyl (C=O) groups is 2. The van der Waals surface area contributed by atoms with E-state index in [0.29, 0.717) is 21.9 Å². The number of aldehydes is 1. The second kappa shape index (κ2) is 6.51. The van der Waals surface area contributed by atoms with Crippen molar-refractivity contribution in [3.05, 3.63) is 21.7 Å². The van der Waals surface area contributed by atoms with Gasteiger partial charge >= 0.3 is 0 Å². The summed E-state index contributed by atoms with van der Waals surface area (Å²) in [5, 5.41) is 0. The molecule has 0 radical (unpaired) electrons. The summed E-state index contributed by atoms with van der Waals surface area (Å²) >= 11 is 3.23. The van der Waals surface area contributed by atoms with E-state index in [1.165, 1.54) is 14.2 Å². The zero-order chi connectivity index (χ0) is 13.7. The quantitative estimate of drug-likeness (QED) is 0.640. The fourth-order valence-corrected chi connectivity index (χ4v) is 2.11. The van der Waals surface area contributed by atoms with Crippen molar-refractivity contribution in [2.24, 2.45) is 5.73 Å². The molecule has 0 aromatic heterocycles. The molecule has 0 aliphatic heterocycles. The zero-order valence-corrected chi connectivity index (χ0v) is 11.7. The molecule has 0 spiro atoms. The number of nitrogens with two attached hydrogens (primary N) is 1. The molecule has 0 bridgehead atoms. The van der Waals surface area contributed by atoms with Gasteiger partial charge in [-0.15, -0.1) is 0 Å². The van der Waals surface area contributed by atoms with Crippen LogP contribution in [0.1, 0.15) is 27.1 Å². The average Bonchev–Trinajstić information content (AvgIpc) is 2.37. The number of carbonyl (C=O) groups excluding carboxylic acids is 2.